The van der Waals surface area contributed by atoms with Crippen molar-refractivity contribution in [2.24, 2.45) is 0 Å². The van der Waals surface area contributed by atoms with Crippen LogP contribution >= 0.6 is 22.9 Å². The van der Waals surface area contributed by atoms with Crippen LogP contribution in [0.3, 0.4) is 0 Å². The van der Waals surface area contributed by atoms with Crippen molar-refractivity contribution >= 4 is 51.0 Å². The largest absolute Gasteiger partial charge is 0.425 e. The number of esters is 1. The van der Waals surface area contributed by atoms with Gasteiger partial charge in [-0.15, -0.1) is 0 Å². The summed E-state index contributed by atoms with van der Waals surface area (Å²) in [5, 5.41) is 0.309. The van der Waals surface area contributed by atoms with Crippen molar-refractivity contribution in [2.45, 2.75) is 6.92 Å². The van der Waals surface area contributed by atoms with Crippen molar-refractivity contribution < 1.29 is 9.53 Å². The van der Waals surface area contributed by atoms with E-state index in [1.165, 1.54) is 18.3 Å². The number of hydrogen-bond donors (Lipinski definition) is 0. The molecule has 0 fully saturated rings. The summed E-state index contributed by atoms with van der Waals surface area (Å²) in [6.07, 6.45) is 1.75. The molecule has 0 saturated heterocycles. The van der Waals surface area contributed by atoms with E-state index in [9.17, 15) is 9.59 Å². The number of thiazole rings is 1. The third kappa shape index (κ3) is 2.79. The number of fused-ring (bicyclic) bond motifs is 3. The molecular weight excluding hydrogens is 360 g/mol. The summed E-state index contributed by atoms with van der Waals surface area (Å²) in [5.74, 6) is -0.146. The highest BCUT2D eigenvalue weighted by molar-refractivity contribution is 7.15. The van der Waals surface area contributed by atoms with Gasteiger partial charge in [-0.25, -0.2) is 9.38 Å². The Morgan fingerprint density at radius 3 is 2.84 bits per heavy atom. The zero-order valence-electron chi connectivity index (χ0n) is 13.0. The fourth-order valence-corrected chi connectivity index (χ4v) is 3.82. The fourth-order valence-electron chi connectivity index (χ4n) is 2.61. The molecule has 0 aliphatic rings. The van der Waals surface area contributed by atoms with Gasteiger partial charge in [0.1, 0.15) is 5.75 Å². The maximum atomic E-state index is 12.7. The Labute approximate surface area is 150 Å². The molecule has 25 heavy (non-hydrogen) atoms. The molecule has 5 nitrogen and oxygen atoms in total. The van der Waals surface area contributed by atoms with E-state index in [1.807, 2.05) is 24.3 Å². The molecular formula is C18H11ClN2O3S. The molecule has 2 aromatic carbocycles. The molecule has 2 heterocycles. The second-order valence-corrected chi connectivity index (χ2v) is 6.83. The van der Waals surface area contributed by atoms with Gasteiger partial charge in [0.05, 0.1) is 20.6 Å². The van der Waals surface area contributed by atoms with Crippen LogP contribution in [0.5, 0.6) is 5.75 Å². The van der Waals surface area contributed by atoms with Crippen molar-refractivity contribution in [2.75, 3.05) is 0 Å². The number of carbonyl (C=O) groups is 1. The van der Waals surface area contributed by atoms with Gasteiger partial charge in [0.15, 0.2) is 4.96 Å². The smallest absolute Gasteiger partial charge is 0.308 e. The molecule has 0 amide bonds. The van der Waals surface area contributed by atoms with Gasteiger partial charge < -0.3 is 4.74 Å². The minimum absolute atomic E-state index is 0.117. The molecule has 0 saturated carbocycles. The second kappa shape index (κ2) is 5.98. The number of halogens is 1. The number of aromatic nitrogens is 2. The Balaban J connectivity index is 1.84. The minimum Gasteiger partial charge on any atom is -0.425 e. The molecule has 7 heteroatoms. The van der Waals surface area contributed by atoms with Crippen LogP contribution in [0.15, 0.2) is 47.3 Å². The van der Waals surface area contributed by atoms with Crippen molar-refractivity contribution in [3.05, 3.63) is 67.9 Å². The highest BCUT2D eigenvalue weighted by atomic mass is 35.5. The minimum atomic E-state index is -0.438. The molecule has 4 rings (SSSR count). The Morgan fingerprint density at radius 1 is 1.28 bits per heavy atom. The summed E-state index contributed by atoms with van der Waals surface area (Å²) >= 11 is 7.45. The first-order valence-corrected chi connectivity index (χ1v) is 8.62. The Bertz CT molecular complexity index is 1240. The van der Waals surface area contributed by atoms with E-state index in [-0.39, 0.29) is 5.56 Å². The summed E-state index contributed by atoms with van der Waals surface area (Å²) < 4.78 is 7.17. The molecule has 124 valence electrons. The lowest BCUT2D eigenvalue weighted by Crippen LogP contribution is -2.22. The van der Waals surface area contributed by atoms with Gasteiger partial charge in [0, 0.05) is 6.92 Å². The van der Waals surface area contributed by atoms with Gasteiger partial charge in [0.25, 0.3) is 5.56 Å². The number of nitrogens with zero attached hydrogens (tertiary/aromatic N) is 2. The first-order valence-electron chi connectivity index (χ1n) is 7.42. The Morgan fingerprint density at radius 2 is 2.08 bits per heavy atom. The normalized spacial score (nSPS) is 12.2. The number of imidazole rings is 1. The number of carbonyl (C=O) groups excluding carboxylic acids is 1. The summed E-state index contributed by atoms with van der Waals surface area (Å²) in [6, 6.07) is 12.5. The summed E-state index contributed by atoms with van der Waals surface area (Å²) in [6.45, 7) is 1.31. The molecule has 0 bridgehead atoms. The van der Waals surface area contributed by atoms with Crippen molar-refractivity contribution in [1.29, 1.82) is 0 Å². The number of para-hydroxylation sites is 2. The van der Waals surface area contributed by atoms with Gasteiger partial charge in [-0.1, -0.05) is 41.1 Å². The van der Waals surface area contributed by atoms with E-state index in [4.69, 9.17) is 16.3 Å². The highest BCUT2D eigenvalue weighted by Crippen LogP contribution is 2.26. The average molecular weight is 371 g/mol. The van der Waals surface area contributed by atoms with Crippen molar-refractivity contribution in [3.63, 3.8) is 0 Å². The number of rotatable bonds is 2. The fraction of sp³-hybridized carbons (Fsp3) is 0.0556. The van der Waals surface area contributed by atoms with Crippen LogP contribution in [0.25, 0.3) is 22.1 Å². The van der Waals surface area contributed by atoms with Crippen molar-refractivity contribution in [3.8, 4) is 5.75 Å². The van der Waals surface area contributed by atoms with Crippen LogP contribution in [-0.4, -0.2) is 15.4 Å². The average Bonchev–Trinajstić information content (AvgIpc) is 3.07. The van der Waals surface area contributed by atoms with E-state index in [2.05, 4.69) is 4.98 Å². The molecule has 0 spiro atoms. The molecule has 0 atom stereocenters. The summed E-state index contributed by atoms with van der Waals surface area (Å²) in [7, 11) is 0. The SMILES string of the molecule is CC(=O)Oc1ccc(/C=c2\sc3nc4ccccc4n3c2=O)cc1Cl. The standard InChI is InChI=1S/C18H11ClN2O3S/c1-10(22)24-15-7-6-11(8-12(15)19)9-16-17(23)21-14-5-3-2-4-13(14)20-18(21)25-16/h2-9H,1H3/b16-9-. The monoisotopic (exact) mass is 370 g/mol. The summed E-state index contributed by atoms with van der Waals surface area (Å²) in [4.78, 5) is 28.9. The Kier molecular flexibility index (Phi) is 3.78. The van der Waals surface area contributed by atoms with Crippen LogP contribution in [0.4, 0.5) is 0 Å². The van der Waals surface area contributed by atoms with E-state index < -0.39 is 5.97 Å². The molecule has 0 N–H and O–H groups in total. The van der Waals surface area contributed by atoms with Gasteiger partial charge in [0.2, 0.25) is 0 Å². The maximum Gasteiger partial charge on any atom is 0.308 e. The van der Waals surface area contributed by atoms with Crippen LogP contribution in [-0.2, 0) is 4.79 Å². The third-order valence-corrected chi connectivity index (χ3v) is 4.92. The zero-order chi connectivity index (χ0) is 17.6. The number of hydrogen-bond acceptors (Lipinski definition) is 5. The molecule has 2 aromatic heterocycles. The second-order valence-electron chi connectivity index (χ2n) is 5.42. The quantitative estimate of drug-likeness (QED) is 0.402. The highest BCUT2D eigenvalue weighted by Gasteiger charge is 2.11. The third-order valence-electron chi connectivity index (χ3n) is 3.65. The van der Waals surface area contributed by atoms with E-state index in [1.54, 1.807) is 28.7 Å². The van der Waals surface area contributed by atoms with E-state index in [0.717, 1.165) is 16.6 Å². The Hall–Kier alpha value is -2.70. The van der Waals surface area contributed by atoms with Gasteiger partial charge in [-0.3, -0.25) is 9.59 Å². The molecule has 0 aliphatic heterocycles. The number of benzene rings is 2. The van der Waals surface area contributed by atoms with E-state index >= 15 is 0 Å². The van der Waals surface area contributed by atoms with Crippen LogP contribution in [0.1, 0.15) is 12.5 Å². The van der Waals surface area contributed by atoms with Crippen LogP contribution in [0, 0.1) is 0 Å². The summed E-state index contributed by atoms with van der Waals surface area (Å²) in [5.41, 5.74) is 2.22. The van der Waals surface area contributed by atoms with Gasteiger partial charge in [-0.2, -0.15) is 0 Å². The topological polar surface area (TPSA) is 60.7 Å². The lowest BCUT2D eigenvalue weighted by atomic mass is 10.2. The van der Waals surface area contributed by atoms with Gasteiger partial charge in [-0.05, 0) is 35.9 Å². The van der Waals surface area contributed by atoms with E-state index in [0.29, 0.717) is 20.3 Å². The first-order chi connectivity index (χ1) is 12.0. The number of ether oxygens (including phenoxy) is 1. The first kappa shape index (κ1) is 15.8. The van der Waals surface area contributed by atoms with Crippen LogP contribution in [0.2, 0.25) is 5.02 Å². The molecule has 4 aromatic rings. The predicted molar refractivity (Wildman–Crippen MR) is 98.4 cm³/mol. The van der Waals surface area contributed by atoms with Crippen molar-refractivity contribution in [1.82, 2.24) is 9.38 Å². The lowest BCUT2D eigenvalue weighted by Gasteiger charge is -2.03. The van der Waals surface area contributed by atoms with Crippen LogP contribution < -0.4 is 14.8 Å². The zero-order valence-corrected chi connectivity index (χ0v) is 14.6. The maximum absolute atomic E-state index is 12.7. The van der Waals surface area contributed by atoms with Gasteiger partial charge >= 0.3 is 5.97 Å². The molecule has 0 radical (unpaired) electrons. The molecule has 0 aliphatic carbocycles. The molecule has 0 unspecified atom stereocenters. The lowest BCUT2D eigenvalue weighted by molar-refractivity contribution is -0.131. The predicted octanol–water partition coefficient (Wildman–Crippen LogP) is 3.04.